The van der Waals surface area contributed by atoms with E-state index in [4.69, 9.17) is 0 Å². The van der Waals surface area contributed by atoms with Crippen LogP contribution in [0.25, 0.3) is 0 Å². The Morgan fingerprint density at radius 2 is 1.70 bits per heavy atom. The Hall–Kier alpha value is -2.69. The third-order valence-corrected chi connectivity index (χ3v) is 3.29. The van der Waals surface area contributed by atoms with Crippen molar-refractivity contribution in [2.24, 2.45) is 0 Å². The van der Waals surface area contributed by atoms with Gasteiger partial charge in [-0.2, -0.15) is 0 Å². The summed E-state index contributed by atoms with van der Waals surface area (Å²) in [7, 11) is 0. The van der Waals surface area contributed by atoms with Gasteiger partial charge in [-0.1, -0.05) is 25.5 Å². The van der Waals surface area contributed by atoms with Gasteiger partial charge in [0, 0.05) is 23.4 Å². The summed E-state index contributed by atoms with van der Waals surface area (Å²) in [5, 5.41) is 5.41. The highest BCUT2D eigenvalue weighted by molar-refractivity contribution is 6.06. The first-order valence-electron chi connectivity index (χ1n) is 7.55. The number of amides is 2. The largest absolute Gasteiger partial charge is 0.352 e. The van der Waals surface area contributed by atoms with Gasteiger partial charge in [-0.25, -0.2) is 4.39 Å². The average molecular weight is 314 g/mol. The Morgan fingerprint density at radius 1 is 1.00 bits per heavy atom. The van der Waals surface area contributed by atoms with Crippen molar-refractivity contribution in [1.82, 2.24) is 5.32 Å². The lowest BCUT2D eigenvalue weighted by molar-refractivity contribution is 0.0953. The summed E-state index contributed by atoms with van der Waals surface area (Å²) < 4.78 is 13.1. The molecule has 0 radical (unpaired) electrons. The van der Waals surface area contributed by atoms with Crippen LogP contribution < -0.4 is 10.6 Å². The van der Waals surface area contributed by atoms with Gasteiger partial charge in [0.1, 0.15) is 5.82 Å². The zero-order chi connectivity index (χ0) is 16.7. The fourth-order valence-electron chi connectivity index (χ4n) is 2.05. The molecule has 0 aliphatic carbocycles. The van der Waals surface area contributed by atoms with Crippen molar-refractivity contribution in [3.05, 3.63) is 65.5 Å². The number of hydrogen-bond acceptors (Lipinski definition) is 2. The molecule has 23 heavy (non-hydrogen) atoms. The summed E-state index contributed by atoms with van der Waals surface area (Å²) in [5.74, 6) is -1.02. The Balaban J connectivity index is 2.06. The number of halogens is 1. The molecule has 0 aliphatic rings. The van der Waals surface area contributed by atoms with Crippen LogP contribution in [0.2, 0.25) is 0 Å². The number of benzene rings is 2. The third kappa shape index (κ3) is 4.92. The molecule has 2 rings (SSSR count). The lowest BCUT2D eigenvalue weighted by atomic mass is 10.1. The first kappa shape index (κ1) is 16.7. The maximum atomic E-state index is 13.1. The van der Waals surface area contributed by atoms with Crippen LogP contribution in [0.1, 0.15) is 40.5 Å². The van der Waals surface area contributed by atoms with Crippen LogP contribution in [0.15, 0.2) is 48.5 Å². The second-order valence-electron chi connectivity index (χ2n) is 5.15. The minimum absolute atomic E-state index is 0.209. The summed E-state index contributed by atoms with van der Waals surface area (Å²) in [6, 6.07) is 12.1. The molecule has 2 N–H and O–H groups in total. The monoisotopic (exact) mass is 314 g/mol. The number of rotatable bonds is 6. The molecule has 2 aromatic carbocycles. The minimum Gasteiger partial charge on any atom is -0.352 e. The van der Waals surface area contributed by atoms with Gasteiger partial charge < -0.3 is 10.6 Å². The highest BCUT2D eigenvalue weighted by Crippen LogP contribution is 2.12. The number of hydrogen-bond donors (Lipinski definition) is 2. The average Bonchev–Trinajstić information content (AvgIpc) is 2.55. The number of anilines is 1. The second-order valence-corrected chi connectivity index (χ2v) is 5.15. The van der Waals surface area contributed by atoms with Crippen molar-refractivity contribution in [3.8, 4) is 0 Å². The lowest BCUT2D eigenvalue weighted by Crippen LogP contribution is -2.24. The van der Waals surface area contributed by atoms with Crippen LogP contribution in [-0.4, -0.2) is 18.4 Å². The van der Waals surface area contributed by atoms with Gasteiger partial charge in [-0.15, -0.1) is 0 Å². The number of nitrogens with one attached hydrogen (secondary N) is 2. The molecular weight excluding hydrogens is 295 g/mol. The van der Waals surface area contributed by atoms with E-state index in [2.05, 4.69) is 10.6 Å². The highest BCUT2D eigenvalue weighted by Gasteiger charge is 2.10. The Bertz CT molecular complexity index is 701. The fourth-order valence-corrected chi connectivity index (χ4v) is 2.05. The van der Waals surface area contributed by atoms with Crippen LogP contribution in [-0.2, 0) is 0 Å². The molecule has 0 saturated heterocycles. The number of unbranched alkanes of at least 4 members (excludes halogenated alkanes) is 1. The van der Waals surface area contributed by atoms with Crippen LogP contribution in [0.5, 0.6) is 0 Å². The van der Waals surface area contributed by atoms with E-state index >= 15 is 0 Å². The van der Waals surface area contributed by atoms with E-state index in [-0.39, 0.29) is 11.8 Å². The van der Waals surface area contributed by atoms with E-state index in [1.54, 1.807) is 24.3 Å². The van der Waals surface area contributed by atoms with Crippen molar-refractivity contribution in [1.29, 1.82) is 0 Å². The van der Waals surface area contributed by atoms with Gasteiger partial charge in [-0.3, -0.25) is 9.59 Å². The maximum absolute atomic E-state index is 13.1. The van der Waals surface area contributed by atoms with E-state index in [1.165, 1.54) is 24.3 Å². The van der Waals surface area contributed by atoms with Crippen molar-refractivity contribution < 1.29 is 14.0 Å². The number of carbonyl (C=O) groups is 2. The smallest absolute Gasteiger partial charge is 0.255 e. The first-order valence-corrected chi connectivity index (χ1v) is 7.55. The molecule has 0 saturated carbocycles. The zero-order valence-electron chi connectivity index (χ0n) is 12.9. The maximum Gasteiger partial charge on any atom is 0.255 e. The van der Waals surface area contributed by atoms with E-state index in [0.717, 1.165) is 12.8 Å². The molecule has 2 aromatic rings. The van der Waals surface area contributed by atoms with Crippen LogP contribution in [0.3, 0.4) is 0 Å². The van der Waals surface area contributed by atoms with Crippen molar-refractivity contribution in [2.75, 3.05) is 11.9 Å². The van der Waals surface area contributed by atoms with Gasteiger partial charge in [0.25, 0.3) is 11.8 Å². The third-order valence-electron chi connectivity index (χ3n) is 3.29. The van der Waals surface area contributed by atoms with Crippen LogP contribution in [0.4, 0.5) is 10.1 Å². The Morgan fingerprint density at radius 3 is 2.39 bits per heavy atom. The van der Waals surface area contributed by atoms with E-state index in [1.807, 2.05) is 6.92 Å². The molecular formula is C18H19FN2O2. The van der Waals surface area contributed by atoms with Gasteiger partial charge in [0.2, 0.25) is 0 Å². The Labute approximate surface area is 134 Å². The second kappa shape index (κ2) is 8.08. The van der Waals surface area contributed by atoms with Crippen molar-refractivity contribution >= 4 is 17.5 Å². The van der Waals surface area contributed by atoms with Gasteiger partial charge in [0.15, 0.2) is 0 Å². The molecule has 120 valence electrons. The summed E-state index contributed by atoms with van der Waals surface area (Å²) in [6.07, 6.45) is 1.90. The molecule has 0 bridgehead atoms. The highest BCUT2D eigenvalue weighted by atomic mass is 19.1. The predicted molar refractivity (Wildman–Crippen MR) is 88.0 cm³/mol. The summed E-state index contributed by atoms with van der Waals surface area (Å²) in [5.41, 5.74) is 1.14. The number of carbonyl (C=O) groups excluding carboxylic acids is 2. The molecule has 0 aliphatic heterocycles. The van der Waals surface area contributed by atoms with Crippen LogP contribution in [0, 0.1) is 5.82 Å². The molecule has 2 amide bonds. The molecule has 0 spiro atoms. The van der Waals surface area contributed by atoms with E-state index in [9.17, 15) is 14.0 Å². The van der Waals surface area contributed by atoms with Crippen molar-refractivity contribution in [2.45, 2.75) is 19.8 Å². The summed E-state index contributed by atoms with van der Waals surface area (Å²) in [6.45, 7) is 2.65. The van der Waals surface area contributed by atoms with Crippen molar-refractivity contribution in [3.63, 3.8) is 0 Å². The normalized spacial score (nSPS) is 10.2. The van der Waals surface area contributed by atoms with Crippen LogP contribution >= 0.6 is 0 Å². The van der Waals surface area contributed by atoms with Gasteiger partial charge in [-0.05, 0) is 42.8 Å². The topological polar surface area (TPSA) is 58.2 Å². The molecule has 4 nitrogen and oxygen atoms in total. The molecule has 5 heteroatoms. The fraction of sp³-hybridized carbons (Fsp3) is 0.222. The molecule has 0 fully saturated rings. The quantitative estimate of drug-likeness (QED) is 0.800. The standard InChI is InChI=1S/C18H19FN2O2/c1-2-3-10-20-17(22)13-6-4-7-14(11-13)18(23)21-16-9-5-8-15(19)12-16/h4-9,11-12H,2-3,10H2,1H3,(H,20,22)(H,21,23). The van der Waals surface area contributed by atoms with E-state index < -0.39 is 5.82 Å². The molecule has 0 heterocycles. The molecule has 0 unspecified atom stereocenters. The summed E-state index contributed by atoms with van der Waals surface area (Å²) >= 11 is 0. The summed E-state index contributed by atoms with van der Waals surface area (Å²) in [4.78, 5) is 24.2. The lowest BCUT2D eigenvalue weighted by Gasteiger charge is -2.08. The minimum atomic E-state index is -0.424. The SMILES string of the molecule is CCCCNC(=O)c1cccc(C(=O)Nc2cccc(F)c2)c1. The van der Waals surface area contributed by atoms with E-state index in [0.29, 0.717) is 23.4 Å². The molecule has 0 atom stereocenters. The zero-order valence-corrected chi connectivity index (χ0v) is 12.9. The van der Waals surface area contributed by atoms with Gasteiger partial charge >= 0.3 is 0 Å². The Kier molecular flexibility index (Phi) is 5.86. The first-order chi connectivity index (χ1) is 11.1. The van der Waals surface area contributed by atoms with Gasteiger partial charge in [0.05, 0.1) is 0 Å². The predicted octanol–water partition coefficient (Wildman–Crippen LogP) is 3.61. The molecule has 0 aromatic heterocycles.